The largest absolute Gasteiger partial charge is 0.322 e. The molecule has 2 aromatic rings. The highest BCUT2D eigenvalue weighted by molar-refractivity contribution is 7.99. The summed E-state index contributed by atoms with van der Waals surface area (Å²) >= 11 is 1.72. The second kappa shape index (κ2) is 11.8. The van der Waals surface area contributed by atoms with Gasteiger partial charge in [0.15, 0.2) is 0 Å². The van der Waals surface area contributed by atoms with E-state index in [2.05, 4.69) is 5.32 Å². The number of fused-ring (bicyclic) bond motifs is 1. The van der Waals surface area contributed by atoms with Gasteiger partial charge in [-0.25, -0.2) is 0 Å². The zero-order valence-corrected chi connectivity index (χ0v) is 22.5. The highest BCUT2D eigenvalue weighted by Crippen LogP contribution is 2.34. The summed E-state index contributed by atoms with van der Waals surface area (Å²) in [5.41, 5.74) is 3.22. The first-order chi connectivity index (χ1) is 17.6. The Balaban J connectivity index is 1.22. The summed E-state index contributed by atoms with van der Waals surface area (Å²) < 4.78 is 32.7. The highest BCUT2D eigenvalue weighted by Gasteiger charge is 2.39. The predicted octanol–water partition coefficient (Wildman–Crippen LogP) is 4.29. The molecule has 1 fully saturated rings. The van der Waals surface area contributed by atoms with E-state index >= 15 is 0 Å². The number of hydrogen-bond donors (Lipinski definition) is 2. The molecule has 2 aromatic carbocycles. The molecule has 0 bridgehead atoms. The van der Waals surface area contributed by atoms with Crippen LogP contribution >= 0.6 is 11.8 Å². The van der Waals surface area contributed by atoms with Crippen molar-refractivity contribution < 1.29 is 27.4 Å². The molecule has 10 heteroatoms. The van der Waals surface area contributed by atoms with Crippen LogP contribution in [0.15, 0.2) is 46.2 Å². The quantitative estimate of drug-likeness (QED) is 0.187. The number of aryl methyl sites for hydroxylation is 2. The van der Waals surface area contributed by atoms with Gasteiger partial charge in [-0.3, -0.25) is 24.3 Å². The number of thioether (sulfide) groups is 1. The number of carbonyl (C=O) groups is 3. The lowest BCUT2D eigenvalue weighted by molar-refractivity contribution is -0.136. The van der Waals surface area contributed by atoms with Crippen molar-refractivity contribution >= 4 is 39.6 Å². The standard InChI is InChI=1S/C27H32N2O6S2/c1-18-11-13-24(37(33,34)35)19(16-18)8-5-3-2-4-6-15-36-23-10-7-9-20-21(23)17-29(27(20)32)22-12-14-25(30)28-26(22)31/h7,9-11,13,16,22H,2-6,8,12,14-15,17H2,1H3,(H,28,30,31)(H,33,34,35). The molecular formula is C27H32N2O6S2. The third-order valence-corrected chi connectivity index (χ3v) is 9.02. The highest BCUT2D eigenvalue weighted by atomic mass is 32.2. The van der Waals surface area contributed by atoms with Gasteiger partial charge in [-0.2, -0.15) is 8.42 Å². The monoisotopic (exact) mass is 544 g/mol. The number of carbonyl (C=O) groups excluding carboxylic acids is 3. The van der Waals surface area contributed by atoms with Gasteiger partial charge in [-0.15, -0.1) is 11.8 Å². The van der Waals surface area contributed by atoms with Gasteiger partial charge in [0.25, 0.3) is 16.0 Å². The molecular weight excluding hydrogens is 512 g/mol. The molecule has 37 heavy (non-hydrogen) atoms. The van der Waals surface area contributed by atoms with Crippen LogP contribution in [0, 0.1) is 6.92 Å². The molecule has 0 aromatic heterocycles. The van der Waals surface area contributed by atoms with Gasteiger partial charge in [0.2, 0.25) is 11.8 Å². The van der Waals surface area contributed by atoms with Crippen molar-refractivity contribution in [1.82, 2.24) is 10.2 Å². The third-order valence-electron chi connectivity index (χ3n) is 6.88. The van der Waals surface area contributed by atoms with Crippen molar-refractivity contribution in [2.24, 2.45) is 0 Å². The zero-order chi connectivity index (χ0) is 26.6. The van der Waals surface area contributed by atoms with E-state index in [0.717, 1.165) is 53.9 Å². The van der Waals surface area contributed by atoms with Crippen LogP contribution < -0.4 is 5.32 Å². The van der Waals surface area contributed by atoms with Crippen LogP contribution in [0.25, 0.3) is 0 Å². The topological polar surface area (TPSA) is 121 Å². The van der Waals surface area contributed by atoms with Gasteiger partial charge >= 0.3 is 0 Å². The molecule has 1 saturated heterocycles. The van der Waals surface area contributed by atoms with Gasteiger partial charge in [0.1, 0.15) is 6.04 Å². The Morgan fingerprint density at radius 2 is 1.81 bits per heavy atom. The Bertz CT molecular complexity index is 1310. The maximum Gasteiger partial charge on any atom is 0.294 e. The first-order valence-corrected chi connectivity index (χ1v) is 15.0. The Morgan fingerprint density at radius 1 is 1.05 bits per heavy atom. The maximum atomic E-state index is 13.0. The molecule has 0 saturated carbocycles. The van der Waals surface area contributed by atoms with Crippen LogP contribution in [-0.4, -0.2) is 47.4 Å². The van der Waals surface area contributed by atoms with Crippen molar-refractivity contribution in [3.8, 4) is 0 Å². The number of unbranched alkanes of at least 4 members (excludes halogenated alkanes) is 4. The van der Waals surface area contributed by atoms with E-state index in [1.165, 1.54) is 6.07 Å². The number of benzene rings is 2. The molecule has 0 radical (unpaired) electrons. The minimum absolute atomic E-state index is 0.000421. The minimum atomic E-state index is -4.21. The Hall–Kier alpha value is -2.69. The lowest BCUT2D eigenvalue weighted by Gasteiger charge is -2.29. The first-order valence-electron chi connectivity index (χ1n) is 12.6. The lowest BCUT2D eigenvalue weighted by Crippen LogP contribution is -2.52. The average Bonchev–Trinajstić information content (AvgIpc) is 3.17. The average molecular weight is 545 g/mol. The maximum absolute atomic E-state index is 13.0. The molecule has 2 heterocycles. The van der Waals surface area contributed by atoms with Crippen molar-refractivity contribution in [2.45, 2.75) is 80.7 Å². The molecule has 1 unspecified atom stereocenters. The number of imide groups is 1. The first kappa shape index (κ1) is 27.3. The van der Waals surface area contributed by atoms with E-state index in [9.17, 15) is 27.4 Å². The number of nitrogens with one attached hydrogen (secondary N) is 1. The molecule has 3 amide bonds. The van der Waals surface area contributed by atoms with Gasteiger partial charge in [-0.05, 0) is 67.7 Å². The number of piperidine rings is 1. The summed E-state index contributed by atoms with van der Waals surface area (Å²) in [5, 5.41) is 2.34. The van der Waals surface area contributed by atoms with Crippen LogP contribution in [0.5, 0.6) is 0 Å². The summed E-state index contributed by atoms with van der Waals surface area (Å²) in [6.45, 7) is 2.29. The normalized spacial score (nSPS) is 17.7. The van der Waals surface area contributed by atoms with Crippen LogP contribution in [0.3, 0.4) is 0 Å². The van der Waals surface area contributed by atoms with Gasteiger partial charge in [0, 0.05) is 23.4 Å². The summed E-state index contributed by atoms with van der Waals surface area (Å²) in [5.74, 6) is 0.0639. The van der Waals surface area contributed by atoms with Crippen LogP contribution in [0.4, 0.5) is 0 Å². The van der Waals surface area contributed by atoms with E-state index in [1.807, 2.05) is 25.1 Å². The fraction of sp³-hybridized carbons (Fsp3) is 0.444. The second-order valence-corrected chi connectivity index (χ2v) is 12.2. The van der Waals surface area contributed by atoms with E-state index < -0.39 is 22.1 Å². The summed E-state index contributed by atoms with van der Waals surface area (Å²) in [6, 6.07) is 10.1. The Morgan fingerprint density at radius 3 is 2.57 bits per heavy atom. The summed E-state index contributed by atoms with van der Waals surface area (Å²) in [4.78, 5) is 39.3. The fourth-order valence-corrected chi connectivity index (χ4v) is 6.80. The van der Waals surface area contributed by atoms with E-state index in [1.54, 1.807) is 28.8 Å². The Kier molecular flexibility index (Phi) is 8.71. The molecule has 2 aliphatic rings. The molecule has 2 N–H and O–H groups in total. The van der Waals surface area contributed by atoms with Gasteiger partial charge in [-0.1, -0.05) is 43.0 Å². The molecule has 198 valence electrons. The van der Waals surface area contributed by atoms with E-state index in [0.29, 0.717) is 30.5 Å². The number of amides is 3. The predicted molar refractivity (Wildman–Crippen MR) is 141 cm³/mol. The van der Waals surface area contributed by atoms with Gasteiger partial charge < -0.3 is 4.90 Å². The van der Waals surface area contributed by atoms with Crippen molar-refractivity contribution in [3.63, 3.8) is 0 Å². The number of hydrogen-bond acceptors (Lipinski definition) is 6. The SMILES string of the molecule is Cc1ccc(S(=O)(=O)O)c(CCCCCCCSc2cccc3c2CN(C2CCC(=O)NC2=O)C3=O)c1. The molecule has 1 atom stereocenters. The molecule has 0 aliphatic carbocycles. The van der Waals surface area contributed by atoms with E-state index in [-0.39, 0.29) is 23.1 Å². The van der Waals surface area contributed by atoms with Crippen molar-refractivity contribution in [2.75, 3.05) is 5.75 Å². The zero-order valence-electron chi connectivity index (χ0n) is 20.9. The molecule has 8 nitrogen and oxygen atoms in total. The lowest BCUT2D eigenvalue weighted by atomic mass is 10.0. The summed E-state index contributed by atoms with van der Waals surface area (Å²) in [6.07, 6.45) is 6.12. The van der Waals surface area contributed by atoms with Crippen LogP contribution in [0.1, 0.15) is 72.0 Å². The Labute approximate surface area is 221 Å². The number of nitrogens with zero attached hydrogens (tertiary/aromatic N) is 1. The van der Waals surface area contributed by atoms with E-state index in [4.69, 9.17) is 0 Å². The minimum Gasteiger partial charge on any atom is -0.322 e. The third kappa shape index (κ3) is 6.61. The fourth-order valence-electron chi connectivity index (χ4n) is 4.98. The van der Waals surface area contributed by atoms with Crippen LogP contribution in [-0.2, 0) is 32.7 Å². The smallest absolute Gasteiger partial charge is 0.294 e. The van der Waals surface area contributed by atoms with Crippen LogP contribution in [0.2, 0.25) is 0 Å². The van der Waals surface area contributed by atoms with Crippen molar-refractivity contribution in [3.05, 3.63) is 58.7 Å². The molecule has 2 aliphatic heterocycles. The molecule has 0 spiro atoms. The van der Waals surface area contributed by atoms with Crippen molar-refractivity contribution in [1.29, 1.82) is 0 Å². The molecule has 4 rings (SSSR count). The summed E-state index contributed by atoms with van der Waals surface area (Å²) in [7, 11) is -4.21. The van der Waals surface area contributed by atoms with Gasteiger partial charge in [0.05, 0.1) is 4.90 Å². The second-order valence-electron chi connectivity index (χ2n) is 9.63. The number of rotatable bonds is 11.